The predicted molar refractivity (Wildman–Crippen MR) is 76.5 cm³/mol. The smallest absolute Gasteiger partial charge is 0.0948 e. The van der Waals surface area contributed by atoms with Crippen molar-refractivity contribution in [2.75, 3.05) is 0 Å². The molecule has 2 aromatic rings. The van der Waals surface area contributed by atoms with Gasteiger partial charge in [0.05, 0.1) is 10.7 Å². The lowest BCUT2D eigenvalue weighted by atomic mass is 10.1. The average molecular weight is 258 g/mol. The first kappa shape index (κ1) is 11.9. The molecule has 94 valence electrons. The number of nitrogens with two attached hydrogens (primary N) is 1. The predicted octanol–water partition coefficient (Wildman–Crippen LogP) is 3.34. The normalized spacial score (nSPS) is 23.9. The van der Waals surface area contributed by atoms with Gasteiger partial charge in [0.25, 0.3) is 0 Å². The molecule has 1 saturated carbocycles. The Morgan fingerprint density at radius 3 is 2.78 bits per heavy atom. The van der Waals surface area contributed by atoms with Crippen molar-refractivity contribution in [1.82, 2.24) is 4.98 Å². The van der Waals surface area contributed by atoms with Gasteiger partial charge in [-0.05, 0) is 18.3 Å². The number of hydrogen-bond donors (Lipinski definition) is 1. The summed E-state index contributed by atoms with van der Waals surface area (Å²) >= 11 is 1.73. The number of nitrogens with zero attached hydrogens (tertiary/aromatic N) is 1. The van der Waals surface area contributed by atoms with Gasteiger partial charge in [-0.25, -0.2) is 4.98 Å². The van der Waals surface area contributed by atoms with E-state index in [1.807, 2.05) is 18.2 Å². The minimum absolute atomic E-state index is 0.287. The van der Waals surface area contributed by atoms with Crippen LogP contribution in [-0.2, 0) is 6.42 Å². The van der Waals surface area contributed by atoms with E-state index in [-0.39, 0.29) is 6.04 Å². The Labute approximate surface area is 112 Å². The van der Waals surface area contributed by atoms with Crippen molar-refractivity contribution in [2.45, 2.75) is 25.8 Å². The first-order valence-corrected chi connectivity index (χ1v) is 7.37. The molecule has 1 heterocycles. The zero-order chi connectivity index (χ0) is 12.5. The van der Waals surface area contributed by atoms with Crippen molar-refractivity contribution in [2.24, 2.45) is 17.6 Å². The molecule has 3 atom stereocenters. The summed E-state index contributed by atoms with van der Waals surface area (Å²) in [6.45, 7) is 2.28. The average Bonchev–Trinajstić information content (AvgIpc) is 2.95. The van der Waals surface area contributed by atoms with Gasteiger partial charge in [0.1, 0.15) is 0 Å². The summed E-state index contributed by atoms with van der Waals surface area (Å²) in [6.07, 6.45) is 2.21. The molecule has 3 unspecified atom stereocenters. The highest BCUT2D eigenvalue weighted by Gasteiger charge is 2.37. The Morgan fingerprint density at radius 2 is 2.11 bits per heavy atom. The van der Waals surface area contributed by atoms with E-state index in [4.69, 9.17) is 10.7 Å². The summed E-state index contributed by atoms with van der Waals surface area (Å²) in [5.41, 5.74) is 8.48. The van der Waals surface area contributed by atoms with Crippen molar-refractivity contribution in [3.8, 4) is 11.3 Å². The maximum Gasteiger partial charge on any atom is 0.0948 e. The van der Waals surface area contributed by atoms with Crippen LogP contribution >= 0.6 is 11.3 Å². The Hall–Kier alpha value is -1.19. The Morgan fingerprint density at radius 1 is 1.39 bits per heavy atom. The summed E-state index contributed by atoms with van der Waals surface area (Å²) in [4.78, 5) is 4.69. The molecule has 1 fully saturated rings. The largest absolute Gasteiger partial charge is 0.327 e. The van der Waals surface area contributed by atoms with Crippen LogP contribution in [0.3, 0.4) is 0 Å². The molecule has 0 radical (unpaired) electrons. The molecule has 0 amide bonds. The van der Waals surface area contributed by atoms with Gasteiger partial charge in [-0.15, -0.1) is 11.3 Å². The van der Waals surface area contributed by atoms with E-state index in [1.165, 1.54) is 17.0 Å². The lowest BCUT2D eigenvalue weighted by molar-refractivity contribution is 0.559. The van der Waals surface area contributed by atoms with Gasteiger partial charge in [0.2, 0.25) is 0 Å². The van der Waals surface area contributed by atoms with Gasteiger partial charge >= 0.3 is 0 Å². The van der Waals surface area contributed by atoms with Crippen LogP contribution in [0.4, 0.5) is 0 Å². The highest BCUT2D eigenvalue weighted by Crippen LogP contribution is 2.40. The maximum atomic E-state index is 6.22. The molecular weight excluding hydrogens is 240 g/mol. The van der Waals surface area contributed by atoms with Crippen molar-refractivity contribution in [3.63, 3.8) is 0 Å². The summed E-state index contributed by atoms with van der Waals surface area (Å²) in [5, 5.41) is 3.30. The van der Waals surface area contributed by atoms with E-state index >= 15 is 0 Å². The fraction of sp³-hybridized carbons (Fsp3) is 0.400. The quantitative estimate of drug-likeness (QED) is 0.913. The molecule has 2 nitrogen and oxygen atoms in total. The zero-order valence-corrected chi connectivity index (χ0v) is 11.4. The fourth-order valence-electron chi connectivity index (χ4n) is 2.45. The third-order valence-corrected chi connectivity index (χ3v) is 4.62. The summed E-state index contributed by atoms with van der Waals surface area (Å²) in [5.74, 6) is 1.53. The third-order valence-electron chi connectivity index (χ3n) is 3.75. The molecule has 1 aliphatic rings. The Kier molecular flexibility index (Phi) is 3.18. The highest BCUT2D eigenvalue weighted by atomic mass is 32.1. The van der Waals surface area contributed by atoms with Gasteiger partial charge in [-0.1, -0.05) is 37.3 Å². The van der Waals surface area contributed by atoms with E-state index in [0.717, 1.165) is 18.0 Å². The van der Waals surface area contributed by atoms with Crippen LogP contribution < -0.4 is 5.73 Å². The van der Waals surface area contributed by atoms with Crippen molar-refractivity contribution in [3.05, 3.63) is 40.7 Å². The molecule has 18 heavy (non-hydrogen) atoms. The Balaban J connectivity index is 1.70. The van der Waals surface area contributed by atoms with Gasteiger partial charge in [-0.3, -0.25) is 0 Å². The summed E-state index contributed by atoms with van der Waals surface area (Å²) < 4.78 is 0. The van der Waals surface area contributed by atoms with E-state index in [1.54, 1.807) is 11.3 Å². The van der Waals surface area contributed by atoms with E-state index < -0.39 is 0 Å². The minimum atomic E-state index is 0.287. The summed E-state index contributed by atoms with van der Waals surface area (Å²) in [6, 6.07) is 10.6. The van der Waals surface area contributed by atoms with Crippen LogP contribution in [0.5, 0.6) is 0 Å². The zero-order valence-electron chi connectivity index (χ0n) is 10.5. The van der Waals surface area contributed by atoms with Crippen LogP contribution in [0.2, 0.25) is 0 Å². The number of thiazole rings is 1. The van der Waals surface area contributed by atoms with Crippen LogP contribution in [0.15, 0.2) is 35.7 Å². The lowest BCUT2D eigenvalue weighted by Crippen LogP contribution is -2.25. The van der Waals surface area contributed by atoms with Crippen LogP contribution in [0.25, 0.3) is 11.3 Å². The number of benzene rings is 1. The second-order valence-electron chi connectivity index (χ2n) is 5.24. The molecule has 2 N–H and O–H groups in total. The molecular formula is C15H18N2S. The second kappa shape index (κ2) is 4.82. The molecule has 1 aromatic carbocycles. The fourth-order valence-corrected chi connectivity index (χ4v) is 3.32. The first-order valence-electron chi connectivity index (χ1n) is 6.49. The molecule has 1 aliphatic carbocycles. The third kappa shape index (κ3) is 2.47. The second-order valence-corrected chi connectivity index (χ2v) is 6.18. The van der Waals surface area contributed by atoms with Gasteiger partial charge < -0.3 is 5.73 Å². The van der Waals surface area contributed by atoms with Gasteiger partial charge in [0, 0.05) is 23.4 Å². The van der Waals surface area contributed by atoms with Crippen LogP contribution in [0, 0.1) is 11.8 Å². The van der Waals surface area contributed by atoms with Gasteiger partial charge in [0.15, 0.2) is 0 Å². The molecule has 3 heteroatoms. The summed E-state index contributed by atoms with van der Waals surface area (Å²) in [7, 11) is 0. The molecule has 0 saturated heterocycles. The molecule has 1 aromatic heterocycles. The standard InChI is InChI=1S/C15H18N2S/c1-10-7-12(10)13(16)8-15-17-14(9-18-15)11-5-3-2-4-6-11/h2-6,9-10,12-13H,7-8,16H2,1H3. The van der Waals surface area contributed by atoms with Crippen molar-refractivity contribution in [1.29, 1.82) is 0 Å². The molecule has 0 bridgehead atoms. The lowest BCUT2D eigenvalue weighted by Gasteiger charge is -2.07. The van der Waals surface area contributed by atoms with Crippen molar-refractivity contribution >= 4 is 11.3 Å². The monoisotopic (exact) mass is 258 g/mol. The number of hydrogen-bond acceptors (Lipinski definition) is 3. The first-order chi connectivity index (χ1) is 8.74. The SMILES string of the molecule is CC1CC1C(N)Cc1nc(-c2ccccc2)cs1. The molecule has 0 spiro atoms. The van der Waals surface area contributed by atoms with Crippen LogP contribution in [0.1, 0.15) is 18.4 Å². The van der Waals surface area contributed by atoms with E-state index in [2.05, 4.69) is 24.4 Å². The van der Waals surface area contributed by atoms with E-state index in [9.17, 15) is 0 Å². The minimum Gasteiger partial charge on any atom is -0.327 e. The molecule has 0 aliphatic heterocycles. The topological polar surface area (TPSA) is 38.9 Å². The van der Waals surface area contributed by atoms with Crippen molar-refractivity contribution < 1.29 is 0 Å². The number of rotatable bonds is 4. The maximum absolute atomic E-state index is 6.22. The number of aromatic nitrogens is 1. The molecule has 3 rings (SSSR count). The van der Waals surface area contributed by atoms with E-state index in [0.29, 0.717) is 5.92 Å². The van der Waals surface area contributed by atoms with Crippen LogP contribution in [-0.4, -0.2) is 11.0 Å². The highest BCUT2D eigenvalue weighted by molar-refractivity contribution is 7.09. The Bertz CT molecular complexity index is 520. The van der Waals surface area contributed by atoms with Gasteiger partial charge in [-0.2, -0.15) is 0 Å².